The van der Waals surface area contributed by atoms with E-state index in [-0.39, 0.29) is 30.6 Å². The van der Waals surface area contributed by atoms with Gasteiger partial charge in [0.15, 0.2) is 0 Å². The Hall–Kier alpha value is -1.88. The Morgan fingerprint density at radius 2 is 1.79 bits per heavy atom. The molecule has 1 N–H and O–H groups in total. The van der Waals surface area contributed by atoms with Crippen LogP contribution in [0.5, 0.6) is 0 Å². The largest absolute Gasteiger partial charge is 0.465 e. The zero-order valence-corrected chi connectivity index (χ0v) is 15.1. The van der Waals surface area contributed by atoms with Gasteiger partial charge in [-0.2, -0.15) is 0 Å². The van der Waals surface area contributed by atoms with Crippen molar-refractivity contribution in [1.82, 2.24) is 5.32 Å². The number of rotatable bonds is 10. The molecule has 0 bridgehead atoms. The zero-order valence-electron chi connectivity index (χ0n) is 15.1. The molecule has 2 atom stereocenters. The number of hydrogen-bond acceptors (Lipinski definition) is 5. The van der Waals surface area contributed by atoms with Crippen molar-refractivity contribution in [2.45, 2.75) is 59.1 Å². The molecule has 0 heterocycles. The lowest BCUT2D eigenvalue weighted by Gasteiger charge is -2.19. The van der Waals surface area contributed by atoms with E-state index < -0.39 is 0 Å². The van der Waals surface area contributed by atoms with Gasteiger partial charge in [0.1, 0.15) is 6.10 Å². The molecule has 0 aliphatic carbocycles. The minimum Gasteiger partial charge on any atom is -0.465 e. The number of carbonyl (C=O) groups excluding carboxylic acids is 2. The zero-order chi connectivity index (χ0) is 17.9. The molecule has 1 aromatic carbocycles. The van der Waals surface area contributed by atoms with Crippen molar-refractivity contribution in [3.8, 4) is 0 Å². The normalized spacial score (nSPS) is 13.2. The van der Waals surface area contributed by atoms with Gasteiger partial charge in [0.05, 0.1) is 18.7 Å². The van der Waals surface area contributed by atoms with E-state index >= 15 is 0 Å². The fourth-order valence-corrected chi connectivity index (χ4v) is 2.45. The fourth-order valence-electron chi connectivity index (χ4n) is 2.45. The Bertz CT molecular complexity index is 513. The Labute approximate surface area is 144 Å². The topological polar surface area (TPSA) is 64.6 Å². The van der Waals surface area contributed by atoms with E-state index in [9.17, 15) is 9.59 Å². The summed E-state index contributed by atoms with van der Waals surface area (Å²) in [7, 11) is 0. The first-order valence-electron chi connectivity index (χ1n) is 8.65. The monoisotopic (exact) mass is 335 g/mol. The molecule has 0 amide bonds. The lowest BCUT2D eigenvalue weighted by atomic mass is 10.1. The molecule has 5 nitrogen and oxygen atoms in total. The molecule has 0 aliphatic rings. The van der Waals surface area contributed by atoms with Crippen molar-refractivity contribution >= 4 is 11.9 Å². The van der Waals surface area contributed by atoms with Crippen molar-refractivity contribution < 1.29 is 19.1 Å². The van der Waals surface area contributed by atoms with Gasteiger partial charge in [0, 0.05) is 6.04 Å². The highest BCUT2D eigenvalue weighted by Crippen LogP contribution is 2.11. The number of nitrogens with one attached hydrogen (secondary N) is 1. The smallest absolute Gasteiger partial charge is 0.338 e. The van der Waals surface area contributed by atoms with Crippen molar-refractivity contribution in [2.24, 2.45) is 0 Å². The second-order valence-electron chi connectivity index (χ2n) is 5.99. The average Bonchev–Trinajstić information content (AvgIpc) is 2.54. The number of benzene rings is 1. The summed E-state index contributed by atoms with van der Waals surface area (Å²) in [6, 6.07) is 7.59. The molecule has 1 aromatic rings. The summed E-state index contributed by atoms with van der Waals surface area (Å²) in [5, 5.41) is 3.07. The first kappa shape index (κ1) is 20.2. The molecule has 134 valence electrons. The Kier molecular flexibility index (Phi) is 9.08. The van der Waals surface area contributed by atoms with Crippen LogP contribution in [0.4, 0.5) is 0 Å². The highest BCUT2D eigenvalue weighted by Gasteiger charge is 2.15. The summed E-state index contributed by atoms with van der Waals surface area (Å²) in [4.78, 5) is 23.4. The van der Waals surface area contributed by atoms with Crippen LogP contribution < -0.4 is 5.32 Å². The van der Waals surface area contributed by atoms with Crippen LogP contribution in [-0.2, 0) is 20.7 Å². The molecule has 2 unspecified atom stereocenters. The number of carbonyl (C=O) groups is 2. The summed E-state index contributed by atoms with van der Waals surface area (Å²) in [6.45, 7) is 8.24. The molecule has 0 aromatic heterocycles. The molecule has 24 heavy (non-hydrogen) atoms. The van der Waals surface area contributed by atoms with Crippen molar-refractivity contribution in [2.75, 3.05) is 13.2 Å². The van der Waals surface area contributed by atoms with Gasteiger partial charge in [-0.1, -0.05) is 25.5 Å². The highest BCUT2D eigenvalue weighted by molar-refractivity contribution is 5.89. The molecule has 5 heteroatoms. The van der Waals surface area contributed by atoms with Gasteiger partial charge in [0.25, 0.3) is 0 Å². The van der Waals surface area contributed by atoms with Gasteiger partial charge in [-0.3, -0.25) is 4.79 Å². The van der Waals surface area contributed by atoms with E-state index in [4.69, 9.17) is 9.47 Å². The van der Waals surface area contributed by atoms with Gasteiger partial charge < -0.3 is 14.8 Å². The molecular formula is C19H29NO4. The van der Waals surface area contributed by atoms with E-state index in [1.54, 1.807) is 6.92 Å². The molecule has 0 fully saturated rings. The average molecular weight is 335 g/mol. The van der Waals surface area contributed by atoms with Crippen LogP contribution in [0.25, 0.3) is 0 Å². The van der Waals surface area contributed by atoms with E-state index in [0.29, 0.717) is 18.6 Å². The van der Waals surface area contributed by atoms with Crippen LogP contribution in [0.3, 0.4) is 0 Å². The van der Waals surface area contributed by atoms with Crippen LogP contribution in [0, 0.1) is 0 Å². The lowest BCUT2D eigenvalue weighted by molar-refractivity contribution is -0.142. The molecular weight excluding hydrogens is 306 g/mol. The third-order valence-corrected chi connectivity index (χ3v) is 3.62. The van der Waals surface area contributed by atoms with Crippen molar-refractivity contribution in [1.29, 1.82) is 0 Å². The number of esters is 2. The predicted octanol–water partition coefficient (Wildman–Crippen LogP) is 3.12. The van der Waals surface area contributed by atoms with Crippen LogP contribution in [-0.4, -0.2) is 37.2 Å². The molecule has 0 radical (unpaired) electrons. The van der Waals surface area contributed by atoms with Crippen molar-refractivity contribution in [3.63, 3.8) is 0 Å². The van der Waals surface area contributed by atoms with Crippen molar-refractivity contribution in [3.05, 3.63) is 35.4 Å². The highest BCUT2D eigenvalue weighted by atomic mass is 16.5. The van der Waals surface area contributed by atoms with E-state index in [1.165, 1.54) is 5.56 Å². The molecule has 1 rings (SSSR count). The minimum atomic E-state index is -0.317. The van der Waals surface area contributed by atoms with Crippen LogP contribution in [0.2, 0.25) is 0 Å². The maximum absolute atomic E-state index is 12.1. The Morgan fingerprint density at radius 1 is 1.12 bits per heavy atom. The van der Waals surface area contributed by atoms with Crippen LogP contribution in [0.1, 0.15) is 56.5 Å². The lowest BCUT2D eigenvalue weighted by Crippen LogP contribution is -2.35. The maximum Gasteiger partial charge on any atom is 0.338 e. The SMILES string of the molecule is CCCc1ccc(C(=O)OC(C)CC(C)NCC(=O)OCC)cc1. The van der Waals surface area contributed by atoms with Gasteiger partial charge in [-0.05, 0) is 51.3 Å². The summed E-state index contributed by atoms with van der Waals surface area (Å²) < 4.78 is 10.3. The summed E-state index contributed by atoms with van der Waals surface area (Å²) in [6.07, 6.45) is 2.48. The number of aryl methyl sites for hydroxylation is 1. The third kappa shape index (κ3) is 7.59. The van der Waals surface area contributed by atoms with Crippen LogP contribution in [0.15, 0.2) is 24.3 Å². The standard InChI is InChI=1S/C19H29NO4/c1-5-7-16-8-10-17(11-9-16)19(22)24-15(4)12-14(3)20-13-18(21)23-6-2/h8-11,14-15,20H,5-7,12-13H2,1-4H3. The molecule has 0 saturated heterocycles. The number of hydrogen-bond donors (Lipinski definition) is 1. The Balaban J connectivity index is 2.38. The summed E-state index contributed by atoms with van der Waals surface area (Å²) >= 11 is 0. The summed E-state index contributed by atoms with van der Waals surface area (Å²) in [5.41, 5.74) is 1.78. The van der Waals surface area contributed by atoms with Gasteiger partial charge >= 0.3 is 11.9 Å². The van der Waals surface area contributed by atoms with Crippen LogP contribution >= 0.6 is 0 Å². The summed E-state index contributed by atoms with van der Waals surface area (Å²) in [5.74, 6) is -0.593. The Morgan fingerprint density at radius 3 is 2.38 bits per heavy atom. The minimum absolute atomic E-state index is 0.0455. The maximum atomic E-state index is 12.1. The number of ether oxygens (including phenoxy) is 2. The van der Waals surface area contributed by atoms with Gasteiger partial charge in [-0.25, -0.2) is 4.79 Å². The quantitative estimate of drug-likeness (QED) is 0.666. The first-order chi connectivity index (χ1) is 11.5. The van der Waals surface area contributed by atoms with E-state index in [2.05, 4.69) is 12.2 Å². The van der Waals surface area contributed by atoms with Gasteiger partial charge in [0.2, 0.25) is 0 Å². The third-order valence-electron chi connectivity index (χ3n) is 3.62. The first-order valence-corrected chi connectivity index (χ1v) is 8.65. The van der Waals surface area contributed by atoms with E-state index in [1.807, 2.05) is 38.1 Å². The second-order valence-corrected chi connectivity index (χ2v) is 5.99. The van der Waals surface area contributed by atoms with Gasteiger partial charge in [-0.15, -0.1) is 0 Å². The molecule has 0 saturated carbocycles. The fraction of sp³-hybridized carbons (Fsp3) is 0.579. The second kappa shape index (κ2) is 10.8. The van der Waals surface area contributed by atoms with E-state index in [0.717, 1.165) is 12.8 Å². The molecule has 0 aliphatic heterocycles. The molecule has 0 spiro atoms. The predicted molar refractivity (Wildman–Crippen MR) is 94.0 cm³/mol.